The van der Waals surface area contributed by atoms with Crippen molar-refractivity contribution in [1.82, 2.24) is 0 Å². The van der Waals surface area contributed by atoms with Gasteiger partial charge in [-0.25, -0.2) is 0 Å². The molecule has 1 rings (SSSR count). The summed E-state index contributed by atoms with van der Waals surface area (Å²) in [6, 6.07) is 7.90. The summed E-state index contributed by atoms with van der Waals surface area (Å²) in [6.07, 6.45) is 0. The molecule has 0 bridgehead atoms. The highest BCUT2D eigenvalue weighted by Crippen LogP contribution is 1.99. The molecule has 0 spiro atoms. The molecule has 1 aromatic rings. The quantitative estimate of drug-likeness (QED) is 0.347. The van der Waals surface area contributed by atoms with Gasteiger partial charge in [0.05, 0.1) is 0 Å². The Morgan fingerprint density at radius 3 is 2.90 bits per heavy atom. The van der Waals surface area contributed by atoms with Gasteiger partial charge in [-0.2, -0.15) is 0 Å². The van der Waals surface area contributed by atoms with Gasteiger partial charge in [-0.1, -0.05) is 24.4 Å². The van der Waals surface area contributed by atoms with Gasteiger partial charge in [-0.3, -0.25) is 5.84 Å². The summed E-state index contributed by atoms with van der Waals surface area (Å²) < 4.78 is 0. The third-order valence-electron chi connectivity index (χ3n) is 1.39. The van der Waals surface area contributed by atoms with Crippen molar-refractivity contribution in [2.75, 3.05) is 5.43 Å². The van der Waals surface area contributed by atoms with Gasteiger partial charge < -0.3 is 5.43 Å². The van der Waals surface area contributed by atoms with Crippen molar-refractivity contribution in [3.63, 3.8) is 0 Å². The minimum Gasteiger partial charge on any atom is -0.324 e. The second kappa shape index (κ2) is 3.27. The van der Waals surface area contributed by atoms with Crippen LogP contribution < -0.4 is 16.7 Å². The average molecular weight is 133 g/mol. The smallest absolute Gasteiger partial charge is 0.148 e. The highest BCUT2D eigenvalue weighted by molar-refractivity contribution is 6.52. The molecule has 0 aromatic heterocycles. The Kier molecular flexibility index (Phi) is 2.34. The molecule has 51 valence electrons. The molecule has 0 unspecified atom stereocenters. The molecule has 0 amide bonds. The highest BCUT2D eigenvalue weighted by atomic mass is 15.2. The van der Waals surface area contributed by atoms with E-state index in [-0.39, 0.29) is 0 Å². The topological polar surface area (TPSA) is 38.0 Å². The molecular formula is C7H10BN2. The summed E-state index contributed by atoms with van der Waals surface area (Å²) >= 11 is 0. The maximum Gasteiger partial charge on any atom is 0.148 e. The molecular weight excluding hydrogens is 123 g/mol. The molecule has 0 heterocycles. The van der Waals surface area contributed by atoms with Gasteiger partial charge in [0.1, 0.15) is 7.28 Å². The van der Waals surface area contributed by atoms with E-state index in [9.17, 15) is 0 Å². The molecule has 10 heavy (non-hydrogen) atoms. The lowest BCUT2D eigenvalue weighted by molar-refractivity contribution is 1.36. The van der Waals surface area contributed by atoms with Gasteiger partial charge in [0.15, 0.2) is 0 Å². The van der Waals surface area contributed by atoms with Crippen molar-refractivity contribution in [1.29, 1.82) is 0 Å². The molecule has 2 nitrogen and oxygen atoms in total. The Bertz CT molecular complexity index is 193. The molecule has 0 atom stereocenters. The summed E-state index contributed by atoms with van der Waals surface area (Å²) in [4.78, 5) is 0. The summed E-state index contributed by atoms with van der Waals surface area (Å²) in [5.74, 6) is 5.21. The van der Waals surface area contributed by atoms with Gasteiger partial charge in [0, 0.05) is 5.69 Å². The second-order valence-corrected chi connectivity index (χ2v) is 2.06. The Morgan fingerprint density at radius 1 is 1.50 bits per heavy atom. The molecule has 1 aromatic carbocycles. The zero-order valence-corrected chi connectivity index (χ0v) is 5.96. The number of benzene rings is 1. The molecule has 3 N–H and O–H groups in total. The number of anilines is 1. The Balaban J connectivity index is 2.87. The molecule has 0 saturated heterocycles. The molecule has 3 heteroatoms. The maximum absolute atomic E-state index is 5.21. The summed E-state index contributed by atoms with van der Waals surface area (Å²) in [5, 5.41) is 0. The first kappa shape index (κ1) is 7.16. The summed E-state index contributed by atoms with van der Waals surface area (Å²) in [7, 11) is 2.03. The zero-order chi connectivity index (χ0) is 7.40. The van der Waals surface area contributed by atoms with Crippen LogP contribution in [0.4, 0.5) is 5.69 Å². The minimum absolute atomic E-state index is 0.940. The summed E-state index contributed by atoms with van der Waals surface area (Å²) in [6.45, 7) is 2.00. The molecule has 0 fully saturated rings. The number of nitrogens with one attached hydrogen (secondary N) is 1. The highest BCUT2D eigenvalue weighted by Gasteiger charge is 1.90. The predicted octanol–water partition coefficient (Wildman–Crippen LogP) is 0.350. The standard InChI is InChI=1S/C7H10BN2/c1-8-6-3-2-4-7(5-6)10-9/h2-5,10H,9H2,1H3. The van der Waals surface area contributed by atoms with Crippen molar-refractivity contribution >= 4 is 18.4 Å². The van der Waals surface area contributed by atoms with E-state index in [1.807, 2.05) is 38.4 Å². The van der Waals surface area contributed by atoms with Gasteiger partial charge in [-0.05, 0) is 12.1 Å². The average Bonchev–Trinajstić information content (AvgIpc) is 2.05. The third kappa shape index (κ3) is 1.51. The number of hydrazine groups is 1. The van der Waals surface area contributed by atoms with E-state index < -0.39 is 0 Å². The second-order valence-electron chi connectivity index (χ2n) is 2.06. The fourth-order valence-corrected chi connectivity index (χ4v) is 0.808. The first-order valence-electron chi connectivity index (χ1n) is 3.23. The van der Waals surface area contributed by atoms with Crippen molar-refractivity contribution in [2.24, 2.45) is 5.84 Å². The van der Waals surface area contributed by atoms with Crippen LogP contribution in [0.15, 0.2) is 24.3 Å². The van der Waals surface area contributed by atoms with Crippen LogP contribution in [-0.2, 0) is 0 Å². The van der Waals surface area contributed by atoms with E-state index in [4.69, 9.17) is 5.84 Å². The number of hydrogen-bond donors (Lipinski definition) is 2. The maximum atomic E-state index is 5.21. The Labute approximate surface area is 61.6 Å². The molecule has 0 aliphatic carbocycles. The molecule has 0 aliphatic heterocycles. The van der Waals surface area contributed by atoms with Crippen LogP contribution in [0.5, 0.6) is 0 Å². The lowest BCUT2D eigenvalue weighted by atomic mass is 9.73. The number of nitrogens with two attached hydrogens (primary N) is 1. The molecule has 1 radical (unpaired) electrons. The normalized spacial score (nSPS) is 9.00. The van der Waals surface area contributed by atoms with Crippen LogP contribution in [0.25, 0.3) is 0 Å². The monoisotopic (exact) mass is 133 g/mol. The Hall–Kier alpha value is -0.955. The number of rotatable bonds is 2. The first-order chi connectivity index (χ1) is 4.86. The first-order valence-corrected chi connectivity index (χ1v) is 3.23. The molecule has 0 saturated carbocycles. The largest absolute Gasteiger partial charge is 0.324 e. The summed E-state index contributed by atoms with van der Waals surface area (Å²) in [5.41, 5.74) is 4.70. The van der Waals surface area contributed by atoms with Crippen molar-refractivity contribution < 1.29 is 0 Å². The van der Waals surface area contributed by atoms with Gasteiger partial charge in [0.2, 0.25) is 0 Å². The lowest BCUT2D eigenvalue weighted by Crippen LogP contribution is -2.13. The molecule has 0 aliphatic rings. The van der Waals surface area contributed by atoms with Gasteiger partial charge >= 0.3 is 0 Å². The van der Waals surface area contributed by atoms with E-state index in [0.29, 0.717) is 0 Å². The predicted molar refractivity (Wildman–Crippen MR) is 45.5 cm³/mol. The van der Waals surface area contributed by atoms with E-state index in [1.165, 1.54) is 5.46 Å². The van der Waals surface area contributed by atoms with Crippen molar-refractivity contribution in [2.45, 2.75) is 6.82 Å². The minimum atomic E-state index is 0.940. The van der Waals surface area contributed by atoms with Crippen LogP contribution in [0.1, 0.15) is 0 Å². The van der Waals surface area contributed by atoms with Crippen LogP contribution in [0, 0.1) is 0 Å². The van der Waals surface area contributed by atoms with E-state index in [2.05, 4.69) is 5.43 Å². The zero-order valence-electron chi connectivity index (χ0n) is 5.96. The van der Waals surface area contributed by atoms with Crippen molar-refractivity contribution in [3.05, 3.63) is 24.3 Å². The van der Waals surface area contributed by atoms with Crippen LogP contribution in [0.3, 0.4) is 0 Å². The SMILES string of the molecule is C[B]c1cccc(NN)c1. The van der Waals surface area contributed by atoms with E-state index in [0.717, 1.165) is 5.69 Å². The fraction of sp³-hybridized carbons (Fsp3) is 0.143. The van der Waals surface area contributed by atoms with Gasteiger partial charge in [0.25, 0.3) is 0 Å². The fourth-order valence-electron chi connectivity index (χ4n) is 0.808. The van der Waals surface area contributed by atoms with Crippen LogP contribution in [0.2, 0.25) is 6.82 Å². The number of hydrogen-bond acceptors (Lipinski definition) is 2. The van der Waals surface area contributed by atoms with E-state index >= 15 is 0 Å². The van der Waals surface area contributed by atoms with Crippen LogP contribution >= 0.6 is 0 Å². The van der Waals surface area contributed by atoms with E-state index in [1.54, 1.807) is 0 Å². The number of nitrogen functional groups attached to an aromatic ring is 1. The van der Waals surface area contributed by atoms with Crippen LogP contribution in [-0.4, -0.2) is 7.28 Å². The Morgan fingerprint density at radius 2 is 2.30 bits per heavy atom. The lowest BCUT2D eigenvalue weighted by Gasteiger charge is -2.00. The third-order valence-corrected chi connectivity index (χ3v) is 1.39. The van der Waals surface area contributed by atoms with Crippen molar-refractivity contribution in [3.8, 4) is 0 Å². The van der Waals surface area contributed by atoms with Gasteiger partial charge in [-0.15, -0.1) is 0 Å².